The molecule has 6 nitrogen and oxygen atoms in total. The van der Waals surface area contributed by atoms with Crippen molar-refractivity contribution in [1.29, 1.82) is 0 Å². The third-order valence-electron chi connectivity index (χ3n) is 2.31. The van der Waals surface area contributed by atoms with Gasteiger partial charge in [0.1, 0.15) is 5.60 Å². The Morgan fingerprint density at radius 1 is 1.19 bits per heavy atom. The van der Waals surface area contributed by atoms with Crippen molar-refractivity contribution >= 4 is 23.4 Å². The Labute approximate surface area is 124 Å². The van der Waals surface area contributed by atoms with Gasteiger partial charge in [0, 0.05) is 12.6 Å². The number of ether oxygens (including phenoxy) is 1. The molecular formula is C15H21N3O3. The monoisotopic (exact) mass is 291 g/mol. The summed E-state index contributed by atoms with van der Waals surface area (Å²) in [6.07, 6.45) is -0.611. The van der Waals surface area contributed by atoms with E-state index in [1.54, 1.807) is 45.9 Å². The number of nitrogens with zero attached hydrogens (tertiary/aromatic N) is 1. The van der Waals surface area contributed by atoms with Crippen molar-refractivity contribution in [3.05, 3.63) is 29.8 Å². The van der Waals surface area contributed by atoms with Gasteiger partial charge in [-0.1, -0.05) is 12.1 Å². The van der Waals surface area contributed by atoms with Crippen LogP contribution < -0.4 is 10.7 Å². The fourth-order valence-corrected chi connectivity index (χ4v) is 1.52. The van der Waals surface area contributed by atoms with Crippen LogP contribution in [0.2, 0.25) is 0 Å². The summed E-state index contributed by atoms with van der Waals surface area (Å²) < 4.78 is 5.09. The van der Waals surface area contributed by atoms with Crippen molar-refractivity contribution in [1.82, 2.24) is 5.43 Å². The molecule has 0 bridgehead atoms. The van der Waals surface area contributed by atoms with Gasteiger partial charge in [0.15, 0.2) is 0 Å². The molecule has 1 aromatic rings. The summed E-state index contributed by atoms with van der Waals surface area (Å²) in [5, 5.41) is 6.67. The average Bonchev–Trinajstić information content (AvgIpc) is 2.33. The summed E-state index contributed by atoms with van der Waals surface area (Å²) in [6, 6.07) is 7.19. The summed E-state index contributed by atoms with van der Waals surface area (Å²) in [7, 11) is 0. The number of hydrazone groups is 1. The molecule has 0 fully saturated rings. The third-order valence-corrected chi connectivity index (χ3v) is 2.31. The van der Waals surface area contributed by atoms with Crippen molar-refractivity contribution in [3.63, 3.8) is 0 Å². The third kappa shape index (κ3) is 6.56. The number of rotatable bonds is 3. The van der Waals surface area contributed by atoms with E-state index in [1.165, 1.54) is 6.92 Å². The zero-order chi connectivity index (χ0) is 16.0. The van der Waals surface area contributed by atoms with Crippen LogP contribution in [0.4, 0.5) is 10.5 Å². The molecule has 0 radical (unpaired) electrons. The molecule has 0 aliphatic rings. The van der Waals surface area contributed by atoms with Crippen molar-refractivity contribution < 1.29 is 14.3 Å². The Balaban J connectivity index is 2.74. The molecule has 0 aromatic heterocycles. The van der Waals surface area contributed by atoms with E-state index >= 15 is 0 Å². The molecule has 0 aliphatic carbocycles. The largest absolute Gasteiger partial charge is 0.443 e. The number of anilines is 1. The molecule has 2 amide bonds. The molecule has 21 heavy (non-hydrogen) atoms. The smallest absolute Gasteiger partial charge is 0.428 e. The molecule has 0 heterocycles. The molecular weight excluding hydrogens is 270 g/mol. The lowest BCUT2D eigenvalue weighted by Crippen LogP contribution is -2.30. The summed E-state index contributed by atoms with van der Waals surface area (Å²) in [6.45, 7) is 8.53. The Hall–Kier alpha value is -2.37. The minimum atomic E-state index is -0.611. The van der Waals surface area contributed by atoms with Gasteiger partial charge in [-0.2, -0.15) is 5.10 Å². The summed E-state index contributed by atoms with van der Waals surface area (Å²) >= 11 is 0. The maximum absolute atomic E-state index is 11.5. The van der Waals surface area contributed by atoms with Crippen molar-refractivity contribution in [2.24, 2.45) is 5.10 Å². The Bertz CT molecular complexity index is 560. The highest BCUT2D eigenvalue weighted by molar-refractivity contribution is 6.00. The molecule has 0 spiro atoms. The van der Waals surface area contributed by atoms with Crippen LogP contribution in [0.1, 0.15) is 40.2 Å². The van der Waals surface area contributed by atoms with Gasteiger partial charge in [-0.25, -0.2) is 10.2 Å². The number of amides is 2. The second kappa shape index (κ2) is 6.88. The van der Waals surface area contributed by atoms with Crippen molar-refractivity contribution in [2.75, 3.05) is 5.32 Å². The van der Waals surface area contributed by atoms with E-state index in [9.17, 15) is 9.59 Å². The maximum Gasteiger partial charge on any atom is 0.428 e. The van der Waals surface area contributed by atoms with Crippen LogP contribution >= 0.6 is 0 Å². The van der Waals surface area contributed by atoms with Gasteiger partial charge in [-0.3, -0.25) is 4.79 Å². The van der Waals surface area contributed by atoms with E-state index in [1.807, 2.05) is 6.07 Å². The summed E-state index contributed by atoms with van der Waals surface area (Å²) in [5.41, 5.74) is 3.83. The molecule has 6 heteroatoms. The predicted molar refractivity (Wildman–Crippen MR) is 82.3 cm³/mol. The minimum Gasteiger partial charge on any atom is -0.443 e. The molecule has 114 valence electrons. The van der Waals surface area contributed by atoms with Gasteiger partial charge in [0.05, 0.1) is 5.71 Å². The normalized spacial score (nSPS) is 11.8. The first-order valence-corrected chi connectivity index (χ1v) is 6.59. The van der Waals surface area contributed by atoms with Crippen LogP contribution in [-0.2, 0) is 9.53 Å². The quantitative estimate of drug-likeness (QED) is 0.663. The Morgan fingerprint density at radius 2 is 1.86 bits per heavy atom. The fraction of sp³-hybridized carbons (Fsp3) is 0.400. The van der Waals surface area contributed by atoms with Crippen LogP contribution in [0.25, 0.3) is 0 Å². The lowest BCUT2D eigenvalue weighted by Gasteiger charge is -2.18. The first-order chi connectivity index (χ1) is 9.67. The first-order valence-electron chi connectivity index (χ1n) is 6.59. The number of hydrogen-bond donors (Lipinski definition) is 2. The molecule has 1 rings (SSSR count). The van der Waals surface area contributed by atoms with E-state index in [2.05, 4.69) is 15.8 Å². The molecule has 0 aliphatic heterocycles. The summed E-state index contributed by atoms with van der Waals surface area (Å²) in [4.78, 5) is 22.5. The number of hydrogen-bond acceptors (Lipinski definition) is 4. The van der Waals surface area contributed by atoms with Gasteiger partial charge in [-0.15, -0.1) is 0 Å². The zero-order valence-corrected chi connectivity index (χ0v) is 13.0. The van der Waals surface area contributed by atoms with Gasteiger partial charge in [-0.05, 0) is 45.4 Å². The van der Waals surface area contributed by atoms with Crippen LogP contribution in [0.3, 0.4) is 0 Å². The molecule has 2 N–H and O–H groups in total. The lowest BCUT2D eigenvalue weighted by atomic mass is 10.1. The van der Waals surface area contributed by atoms with E-state index in [0.717, 1.165) is 5.56 Å². The number of carbonyl (C=O) groups excluding carboxylic acids is 2. The Kier molecular flexibility index (Phi) is 5.46. The second-order valence-electron chi connectivity index (χ2n) is 5.57. The molecule has 0 atom stereocenters. The van der Waals surface area contributed by atoms with Crippen molar-refractivity contribution in [3.8, 4) is 0 Å². The number of carbonyl (C=O) groups is 2. The van der Waals surface area contributed by atoms with Gasteiger partial charge < -0.3 is 10.1 Å². The average molecular weight is 291 g/mol. The number of benzene rings is 1. The van der Waals surface area contributed by atoms with Gasteiger partial charge in [0.25, 0.3) is 0 Å². The fourth-order valence-electron chi connectivity index (χ4n) is 1.52. The molecule has 0 unspecified atom stereocenters. The second-order valence-corrected chi connectivity index (χ2v) is 5.57. The zero-order valence-electron chi connectivity index (χ0n) is 13.0. The number of nitrogens with one attached hydrogen (secondary N) is 2. The van der Waals surface area contributed by atoms with E-state index in [-0.39, 0.29) is 5.91 Å². The van der Waals surface area contributed by atoms with Crippen LogP contribution in [0, 0.1) is 0 Å². The van der Waals surface area contributed by atoms with Gasteiger partial charge >= 0.3 is 6.09 Å². The molecule has 0 saturated carbocycles. The van der Waals surface area contributed by atoms with E-state index < -0.39 is 11.7 Å². The standard InChI is InChI=1S/C15H21N3O3/c1-10(17-18-14(20)21-15(3,4)5)12-7-6-8-13(9-12)16-11(2)19/h6-9H,1-5H3,(H,16,19)(H,18,20)/b17-10-. The Morgan fingerprint density at radius 3 is 2.43 bits per heavy atom. The molecule has 0 saturated heterocycles. The van der Waals surface area contributed by atoms with Crippen LogP contribution in [0.5, 0.6) is 0 Å². The minimum absolute atomic E-state index is 0.145. The molecule has 1 aromatic carbocycles. The first kappa shape index (κ1) is 16.7. The van der Waals surface area contributed by atoms with Gasteiger partial charge in [0.2, 0.25) is 5.91 Å². The predicted octanol–water partition coefficient (Wildman–Crippen LogP) is 2.89. The summed E-state index contributed by atoms with van der Waals surface area (Å²) in [5.74, 6) is -0.145. The van der Waals surface area contributed by atoms with E-state index in [0.29, 0.717) is 11.4 Å². The van der Waals surface area contributed by atoms with Crippen molar-refractivity contribution in [2.45, 2.75) is 40.2 Å². The topological polar surface area (TPSA) is 79.8 Å². The highest BCUT2D eigenvalue weighted by atomic mass is 16.6. The lowest BCUT2D eigenvalue weighted by molar-refractivity contribution is -0.114. The highest BCUT2D eigenvalue weighted by Gasteiger charge is 2.15. The van der Waals surface area contributed by atoms with E-state index in [4.69, 9.17) is 4.74 Å². The maximum atomic E-state index is 11.5. The highest BCUT2D eigenvalue weighted by Crippen LogP contribution is 2.11. The SMILES string of the molecule is CC(=O)Nc1cccc(/C(C)=N\NC(=O)OC(C)(C)C)c1. The van der Waals surface area contributed by atoms with Crippen LogP contribution in [-0.4, -0.2) is 23.3 Å². The van der Waals surface area contributed by atoms with Crippen LogP contribution in [0.15, 0.2) is 29.4 Å².